The zero-order valence-electron chi connectivity index (χ0n) is 8.59. The number of anilines is 1. The molecule has 0 saturated carbocycles. The van der Waals surface area contributed by atoms with Crippen molar-refractivity contribution in [3.63, 3.8) is 0 Å². The third-order valence-electron chi connectivity index (χ3n) is 1.99. The third kappa shape index (κ3) is 2.77. The van der Waals surface area contributed by atoms with Gasteiger partial charge >= 0.3 is 0 Å². The van der Waals surface area contributed by atoms with Gasteiger partial charge in [-0.05, 0) is 12.5 Å². The number of aryl methyl sites for hydroxylation is 1. The first-order valence-electron chi connectivity index (χ1n) is 4.83. The predicted molar refractivity (Wildman–Crippen MR) is 57.5 cm³/mol. The van der Waals surface area contributed by atoms with Crippen molar-refractivity contribution in [2.75, 3.05) is 11.9 Å². The number of hydrogen-bond acceptors (Lipinski definition) is 4. The van der Waals surface area contributed by atoms with Crippen LogP contribution in [0.2, 0.25) is 0 Å². The lowest BCUT2D eigenvalue weighted by molar-refractivity contribution is 0.723. The van der Waals surface area contributed by atoms with Gasteiger partial charge in [-0.2, -0.15) is 0 Å². The summed E-state index contributed by atoms with van der Waals surface area (Å²) >= 11 is 0. The van der Waals surface area contributed by atoms with Gasteiger partial charge in [-0.3, -0.25) is 0 Å². The first kappa shape index (κ1) is 9.64. The average molecular weight is 203 g/mol. The molecule has 0 fully saturated rings. The Balaban J connectivity index is 1.81. The second kappa shape index (κ2) is 4.54. The molecule has 0 atom stereocenters. The monoisotopic (exact) mass is 203 g/mol. The van der Waals surface area contributed by atoms with Gasteiger partial charge in [0.15, 0.2) is 0 Å². The average Bonchev–Trinajstić information content (AvgIpc) is 2.74. The fourth-order valence-corrected chi connectivity index (χ4v) is 1.20. The normalized spacial score (nSPS) is 10.2. The molecule has 0 saturated heterocycles. The molecular formula is C10H13N5. The maximum atomic E-state index is 4.15. The Bertz CT molecular complexity index is 392. The van der Waals surface area contributed by atoms with Crippen LogP contribution in [0.15, 0.2) is 31.1 Å². The van der Waals surface area contributed by atoms with E-state index in [1.807, 2.05) is 17.7 Å². The molecule has 0 aliphatic rings. The maximum absolute atomic E-state index is 4.15. The smallest absolute Gasteiger partial charge is 0.222 e. The second-order valence-corrected chi connectivity index (χ2v) is 3.31. The zero-order chi connectivity index (χ0) is 10.5. The van der Waals surface area contributed by atoms with Crippen LogP contribution in [0.3, 0.4) is 0 Å². The highest BCUT2D eigenvalue weighted by Crippen LogP contribution is 1.97. The van der Waals surface area contributed by atoms with Crippen LogP contribution in [0.1, 0.15) is 5.56 Å². The summed E-state index contributed by atoms with van der Waals surface area (Å²) in [6, 6.07) is 0. The molecule has 0 spiro atoms. The lowest BCUT2D eigenvalue weighted by Gasteiger charge is -2.04. The van der Waals surface area contributed by atoms with E-state index in [2.05, 4.69) is 20.3 Å². The summed E-state index contributed by atoms with van der Waals surface area (Å²) in [5.74, 6) is 0.667. The van der Waals surface area contributed by atoms with Gasteiger partial charge in [0.1, 0.15) is 0 Å². The molecule has 0 aliphatic heterocycles. The highest BCUT2D eigenvalue weighted by atomic mass is 15.1. The number of rotatable bonds is 4. The fourth-order valence-electron chi connectivity index (χ4n) is 1.20. The highest BCUT2D eigenvalue weighted by molar-refractivity contribution is 5.23. The largest absolute Gasteiger partial charge is 0.352 e. The van der Waals surface area contributed by atoms with Gasteiger partial charge in [0.2, 0.25) is 5.95 Å². The lowest BCUT2D eigenvalue weighted by atomic mass is 10.4. The molecule has 0 unspecified atom stereocenters. The third-order valence-corrected chi connectivity index (χ3v) is 1.99. The Kier molecular flexibility index (Phi) is 2.92. The van der Waals surface area contributed by atoms with Crippen molar-refractivity contribution < 1.29 is 0 Å². The van der Waals surface area contributed by atoms with Crippen molar-refractivity contribution in [1.82, 2.24) is 19.5 Å². The SMILES string of the molecule is Cc1cnc(NCCn2ccnc2)nc1. The lowest BCUT2D eigenvalue weighted by Crippen LogP contribution is -2.11. The van der Waals surface area contributed by atoms with Crippen molar-refractivity contribution >= 4 is 5.95 Å². The Hall–Kier alpha value is -1.91. The molecule has 2 rings (SSSR count). The topological polar surface area (TPSA) is 55.6 Å². The minimum atomic E-state index is 0.667. The van der Waals surface area contributed by atoms with Crippen molar-refractivity contribution in [2.45, 2.75) is 13.5 Å². The zero-order valence-corrected chi connectivity index (χ0v) is 8.59. The summed E-state index contributed by atoms with van der Waals surface area (Å²) in [6.07, 6.45) is 9.08. The van der Waals surface area contributed by atoms with E-state index in [4.69, 9.17) is 0 Å². The Morgan fingerprint density at radius 3 is 2.80 bits per heavy atom. The first-order valence-corrected chi connectivity index (χ1v) is 4.83. The molecule has 5 heteroatoms. The van der Waals surface area contributed by atoms with E-state index in [1.165, 1.54) is 0 Å². The highest BCUT2D eigenvalue weighted by Gasteiger charge is 1.94. The van der Waals surface area contributed by atoms with Crippen molar-refractivity contribution in [3.8, 4) is 0 Å². The summed E-state index contributed by atoms with van der Waals surface area (Å²) in [7, 11) is 0. The summed E-state index contributed by atoms with van der Waals surface area (Å²) in [5.41, 5.74) is 1.06. The van der Waals surface area contributed by atoms with Gasteiger partial charge in [-0.25, -0.2) is 15.0 Å². The summed E-state index contributed by atoms with van der Waals surface area (Å²) in [6.45, 7) is 3.62. The molecule has 2 aromatic heterocycles. The van der Waals surface area contributed by atoms with Crippen molar-refractivity contribution in [2.24, 2.45) is 0 Å². The summed E-state index contributed by atoms with van der Waals surface area (Å²) < 4.78 is 2.00. The van der Waals surface area contributed by atoms with E-state index < -0.39 is 0 Å². The fraction of sp³-hybridized carbons (Fsp3) is 0.300. The number of aromatic nitrogens is 4. The molecule has 0 radical (unpaired) electrons. The summed E-state index contributed by atoms with van der Waals surface area (Å²) in [4.78, 5) is 12.3. The molecule has 1 N–H and O–H groups in total. The van der Waals surface area contributed by atoms with Gasteiger partial charge in [0.25, 0.3) is 0 Å². The van der Waals surface area contributed by atoms with E-state index in [-0.39, 0.29) is 0 Å². The van der Waals surface area contributed by atoms with Crippen LogP contribution in [0, 0.1) is 6.92 Å². The molecule has 0 amide bonds. The van der Waals surface area contributed by atoms with Crippen LogP contribution in [-0.4, -0.2) is 26.1 Å². The quantitative estimate of drug-likeness (QED) is 0.808. The van der Waals surface area contributed by atoms with Crippen molar-refractivity contribution in [3.05, 3.63) is 36.7 Å². The minimum absolute atomic E-state index is 0.667. The number of nitrogens with one attached hydrogen (secondary N) is 1. The van der Waals surface area contributed by atoms with Gasteiger partial charge in [0.05, 0.1) is 6.33 Å². The Labute approximate surface area is 88.2 Å². The van der Waals surface area contributed by atoms with Crippen LogP contribution >= 0.6 is 0 Å². The number of imidazole rings is 1. The van der Waals surface area contributed by atoms with Gasteiger partial charge < -0.3 is 9.88 Å². The second-order valence-electron chi connectivity index (χ2n) is 3.31. The molecule has 2 aromatic rings. The van der Waals surface area contributed by atoms with E-state index in [0.717, 1.165) is 18.7 Å². The van der Waals surface area contributed by atoms with E-state index in [1.54, 1.807) is 24.9 Å². The molecule has 0 bridgehead atoms. The van der Waals surface area contributed by atoms with Gasteiger partial charge in [0, 0.05) is 37.9 Å². The van der Waals surface area contributed by atoms with Crippen molar-refractivity contribution in [1.29, 1.82) is 0 Å². The standard InChI is InChI=1S/C10H13N5/c1-9-6-13-10(14-7-9)12-3-5-15-4-2-11-8-15/h2,4,6-8H,3,5H2,1H3,(H,12,13,14). The van der Waals surface area contributed by atoms with E-state index >= 15 is 0 Å². The summed E-state index contributed by atoms with van der Waals surface area (Å²) in [5, 5.41) is 3.14. The van der Waals surface area contributed by atoms with E-state index in [0.29, 0.717) is 5.95 Å². The minimum Gasteiger partial charge on any atom is -0.352 e. The molecule has 15 heavy (non-hydrogen) atoms. The predicted octanol–water partition coefficient (Wildman–Crippen LogP) is 1.09. The number of hydrogen-bond donors (Lipinski definition) is 1. The van der Waals surface area contributed by atoms with Crippen LogP contribution in [-0.2, 0) is 6.54 Å². The van der Waals surface area contributed by atoms with Crippen LogP contribution < -0.4 is 5.32 Å². The van der Waals surface area contributed by atoms with Gasteiger partial charge in [-0.1, -0.05) is 0 Å². The molecule has 0 aromatic carbocycles. The van der Waals surface area contributed by atoms with E-state index in [9.17, 15) is 0 Å². The van der Waals surface area contributed by atoms with Crippen LogP contribution in [0.5, 0.6) is 0 Å². The van der Waals surface area contributed by atoms with Crippen LogP contribution in [0.4, 0.5) is 5.95 Å². The van der Waals surface area contributed by atoms with Gasteiger partial charge in [-0.15, -0.1) is 0 Å². The Morgan fingerprint density at radius 1 is 1.33 bits per heavy atom. The number of nitrogens with zero attached hydrogens (tertiary/aromatic N) is 4. The molecule has 0 aliphatic carbocycles. The Morgan fingerprint density at radius 2 is 2.13 bits per heavy atom. The molecular weight excluding hydrogens is 190 g/mol. The first-order chi connectivity index (χ1) is 7.34. The molecule has 2 heterocycles. The molecule has 78 valence electrons. The molecule has 5 nitrogen and oxygen atoms in total. The maximum Gasteiger partial charge on any atom is 0.222 e. The van der Waals surface area contributed by atoms with Crippen LogP contribution in [0.25, 0.3) is 0 Å².